The van der Waals surface area contributed by atoms with Crippen LogP contribution in [0.2, 0.25) is 0 Å². The van der Waals surface area contributed by atoms with Crippen molar-refractivity contribution < 1.29 is 0 Å². The number of hydrogen-bond acceptors (Lipinski definition) is 4. The average Bonchev–Trinajstić information content (AvgIpc) is 3.09. The molecule has 4 rings (SSSR count). The van der Waals surface area contributed by atoms with E-state index in [0.29, 0.717) is 0 Å². The van der Waals surface area contributed by atoms with E-state index in [2.05, 4.69) is 76.3 Å². The van der Waals surface area contributed by atoms with Crippen LogP contribution in [0.15, 0.2) is 61.1 Å². The van der Waals surface area contributed by atoms with Crippen molar-refractivity contribution in [1.29, 1.82) is 0 Å². The Morgan fingerprint density at radius 2 is 1.77 bits per heavy atom. The van der Waals surface area contributed by atoms with Gasteiger partial charge in [-0.1, -0.05) is 36.4 Å². The van der Waals surface area contributed by atoms with Gasteiger partial charge in [-0.25, -0.2) is 14.6 Å². The Morgan fingerprint density at radius 3 is 2.54 bits per heavy atom. The molecule has 0 N–H and O–H groups in total. The van der Waals surface area contributed by atoms with Gasteiger partial charge < -0.3 is 4.90 Å². The molecule has 0 saturated carbocycles. The predicted molar refractivity (Wildman–Crippen MR) is 105 cm³/mol. The molecule has 5 heteroatoms. The quantitative estimate of drug-likeness (QED) is 0.560. The van der Waals surface area contributed by atoms with Gasteiger partial charge in [0.2, 0.25) is 0 Å². The van der Waals surface area contributed by atoms with Crippen molar-refractivity contribution in [1.82, 2.24) is 19.7 Å². The molecule has 0 bridgehead atoms. The SMILES string of the molecule is Cc1ccc(-n2ncc3c(N(C)Cc4ccccc4)ncnc32)cc1C. The summed E-state index contributed by atoms with van der Waals surface area (Å²) >= 11 is 0. The largest absolute Gasteiger partial charge is 0.355 e. The Kier molecular flexibility index (Phi) is 4.13. The van der Waals surface area contributed by atoms with E-state index in [1.807, 2.05) is 24.0 Å². The molecule has 0 aliphatic rings. The molecule has 2 heterocycles. The summed E-state index contributed by atoms with van der Waals surface area (Å²) in [6.07, 6.45) is 3.46. The number of benzene rings is 2. The molecule has 0 fully saturated rings. The summed E-state index contributed by atoms with van der Waals surface area (Å²) in [5.41, 5.74) is 5.57. The molecular formula is C21H21N5. The molecule has 0 aliphatic carbocycles. The lowest BCUT2D eigenvalue weighted by molar-refractivity contribution is 0.885. The molecule has 0 atom stereocenters. The fourth-order valence-electron chi connectivity index (χ4n) is 3.11. The van der Waals surface area contributed by atoms with Crippen LogP contribution in [0.5, 0.6) is 0 Å². The second kappa shape index (κ2) is 6.59. The van der Waals surface area contributed by atoms with Crippen LogP contribution in [0.1, 0.15) is 16.7 Å². The van der Waals surface area contributed by atoms with Crippen molar-refractivity contribution in [2.45, 2.75) is 20.4 Å². The highest BCUT2D eigenvalue weighted by molar-refractivity contribution is 5.87. The standard InChI is InChI=1S/C21H21N5/c1-15-9-10-18(11-16(15)2)26-21-19(12-24-26)20(22-14-23-21)25(3)13-17-7-5-4-6-8-17/h4-12,14H,13H2,1-3H3. The molecule has 5 nitrogen and oxygen atoms in total. The molecule has 0 amide bonds. The summed E-state index contributed by atoms with van der Waals surface area (Å²) in [6, 6.07) is 16.7. The monoisotopic (exact) mass is 343 g/mol. The fraction of sp³-hybridized carbons (Fsp3) is 0.190. The van der Waals surface area contributed by atoms with Crippen molar-refractivity contribution in [3.8, 4) is 5.69 Å². The first-order chi connectivity index (χ1) is 12.6. The van der Waals surface area contributed by atoms with Crippen LogP contribution >= 0.6 is 0 Å². The number of hydrogen-bond donors (Lipinski definition) is 0. The molecule has 0 saturated heterocycles. The smallest absolute Gasteiger partial charge is 0.168 e. The Bertz CT molecular complexity index is 1050. The highest BCUT2D eigenvalue weighted by atomic mass is 15.3. The van der Waals surface area contributed by atoms with E-state index >= 15 is 0 Å². The number of rotatable bonds is 4. The number of aryl methyl sites for hydroxylation is 2. The summed E-state index contributed by atoms with van der Waals surface area (Å²) in [5.74, 6) is 0.883. The third-order valence-corrected chi connectivity index (χ3v) is 4.70. The Labute approximate surface area is 152 Å². The second-order valence-corrected chi connectivity index (χ2v) is 6.60. The van der Waals surface area contributed by atoms with Crippen LogP contribution in [-0.2, 0) is 6.54 Å². The second-order valence-electron chi connectivity index (χ2n) is 6.60. The van der Waals surface area contributed by atoms with E-state index in [9.17, 15) is 0 Å². The van der Waals surface area contributed by atoms with Gasteiger partial charge in [0.05, 0.1) is 17.3 Å². The fourth-order valence-corrected chi connectivity index (χ4v) is 3.11. The first kappa shape index (κ1) is 16.3. The normalized spacial score (nSPS) is 11.0. The molecule has 0 aliphatic heterocycles. The molecule has 4 aromatic rings. The highest BCUT2D eigenvalue weighted by Gasteiger charge is 2.14. The van der Waals surface area contributed by atoms with Gasteiger partial charge in [-0.15, -0.1) is 0 Å². The number of fused-ring (bicyclic) bond motifs is 1. The minimum Gasteiger partial charge on any atom is -0.355 e. The van der Waals surface area contributed by atoms with Gasteiger partial charge in [0.1, 0.15) is 12.1 Å². The lowest BCUT2D eigenvalue weighted by Gasteiger charge is -2.18. The lowest BCUT2D eigenvalue weighted by Crippen LogP contribution is -2.18. The third kappa shape index (κ3) is 2.92. The zero-order valence-corrected chi connectivity index (χ0v) is 15.2. The van der Waals surface area contributed by atoms with Gasteiger partial charge in [-0.05, 0) is 42.7 Å². The minimum atomic E-state index is 0.780. The van der Waals surface area contributed by atoms with Crippen molar-refractivity contribution in [3.05, 3.63) is 77.7 Å². The maximum Gasteiger partial charge on any atom is 0.168 e. The topological polar surface area (TPSA) is 46.8 Å². The maximum atomic E-state index is 4.57. The minimum absolute atomic E-state index is 0.780. The average molecular weight is 343 g/mol. The first-order valence-electron chi connectivity index (χ1n) is 8.65. The molecule has 26 heavy (non-hydrogen) atoms. The van der Waals surface area contributed by atoms with Gasteiger partial charge >= 0.3 is 0 Å². The maximum absolute atomic E-state index is 4.57. The first-order valence-corrected chi connectivity index (χ1v) is 8.65. The van der Waals surface area contributed by atoms with Crippen molar-refractivity contribution in [2.75, 3.05) is 11.9 Å². The third-order valence-electron chi connectivity index (χ3n) is 4.70. The van der Waals surface area contributed by atoms with Gasteiger partial charge in [-0.3, -0.25) is 0 Å². The summed E-state index contributed by atoms with van der Waals surface area (Å²) in [7, 11) is 2.04. The molecule has 0 spiro atoms. The van der Waals surface area contributed by atoms with E-state index in [-0.39, 0.29) is 0 Å². The number of anilines is 1. The van der Waals surface area contributed by atoms with Crippen LogP contribution in [0.4, 0.5) is 5.82 Å². The molecule has 0 radical (unpaired) electrons. The lowest BCUT2D eigenvalue weighted by atomic mass is 10.1. The van der Waals surface area contributed by atoms with Gasteiger partial charge in [0.25, 0.3) is 0 Å². The van der Waals surface area contributed by atoms with E-state index in [1.54, 1.807) is 6.33 Å². The molecule has 2 aromatic heterocycles. The molecule has 2 aromatic carbocycles. The van der Waals surface area contributed by atoms with Crippen LogP contribution in [-0.4, -0.2) is 26.8 Å². The summed E-state index contributed by atoms with van der Waals surface area (Å²) in [6.45, 7) is 5.00. The Hall–Kier alpha value is -3.21. The summed E-state index contributed by atoms with van der Waals surface area (Å²) in [5, 5.41) is 5.52. The van der Waals surface area contributed by atoms with Crippen LogP contribution in [0.3, 0.4) is 0 Å². The Balaban J connectivity index is 1.74. The van der Waals surface area contributed by atoms with E-state index in [0.717, 1.165) is 29.1 Å². The van der Waals surface area contributed by atoms with Gasteiger partial charge in [0, 0.05) is 13.6 Å². The van der Waals surface area contributed by atoms with Gasteiger partial charge in [0.15, 0.2) is 5.65 Å². The van der Waals surface area contributed by atoms with Crippen molar-refractivity contribution in [3.63, 3.8) is 0 Å². The van der Waals surface area contributed by atoms with E-state index in [1.165, 1.54) is 16.7 Å². The predicted octanol–water partition coefficient (Wildman–Crippen LogP) is 4.07. The van der Waals surface area contributed by atoms with Gasteiger partial charge in [-0.2, -0.15) is 5.10 Å². The van der Waals surface area contributed by atoms with E-state index in [4.69, 9.17) is 0 Å². The van der Waals surface area contributed by atoms with Crippen LogP contribution in [0, 0.1) is 13.8 Å². The van der Waals surface area contributed by atoms with Crippen LogP contribution < -0.4 is 4.90 Å². The molecular weight excluding hydrogens is 322 g/mol. The zero-order chi connectivity index (χ0) is 18.1. The molecule has 0 unspecified atom stereocenters. The number of nitrogens with zero attached hydrogens (tertiary/aromatic N) is 5. The highest BCUT2D eigenvalue weighted by Crippen LogP contribution is 2.25. The van der Waals surface area contributed by atoms with Crippen LogP contribution in [0.25, 0.3) is 16.7 Å². The van der Waals surface area contributed by atoms with E-state index < -0.39 is 0 Å². The summed E-state index contributed by atoms with van der Waals surface area (Å²) in [4.78, 5) is 11.1. The molecule has 130 valence electrons. The van der Waals surface area contributed by atoms with Crippen molar-refractivity contribution >= 4 is 16.9 Å². The number of aromatic nitrogens is 4. The zero-order valence-electron chi connectivity index (χ0n) is 15.2. The Morgan fingerprint density at radius 1 is 0.962 bits per heavy atom. The summed E-state index contributed by atoms with van der Waals surface area (Å²) < 4.78 is 1.88. The van der Waals surface area contributed by atoms with Crippen molar-refractivity contribution in [2.24, 2.45) is 0 Å².